The summed E-state index contributed by atoms with van der Waals surface area (Å²) in [5.41, 5.74) is 0.427. The molecule has 3 heteroatoms. The molecule has 0 radical (unpaired) electrons. The molecular weight excluding hydrogens is 196 g/mol. The van der Waals surface area contributed by atoms with Gasteiger partial charge in [0.25, 0.3) is 0 Å². The van der Waals surface area contributed by atoms with E-state index >= 15 is 0 Å². The molecule has 1 rings (SSSR count). The highest BCUT2D eigenvalue weighted by Crippen LogP contribution is 2.11. The van der Waals surface area contributed by atoms with Gasteiger partial charge in [0.05, 0.1) is 0 Å². The molecule has 0 aromatic heterocycles. The Labute approximate surface area is 89.5 Å². The van der Waals surface area contributed by atoms with E-state index in [0.717, 1.165) is 6.07 Å². The van der Waals surface area contributed by atoms with Crippen molar-refractivity contribution in [2.45, 2.75) is 32.7 Å². The van der Waals surface area contributed by atoms with E-state index in [9.17, 15) is 8.78 Å². The van der Waals surface area contributed by atoms with Crippen molar-refractivity contribution in [2.24, 2.45) is 0 Å². The van der Waals surface area contributed by atoms with E-state index < -0.39 is 11.6 Å². The largest absolute Gasteiger partial charge is 0.312 e. The molecule has 84 valence electrons. The molecule has 1 N–H and O–H groups in total. The van der Waals surface area contributed by atoms with Crippen LogP contribution in [0.3, 0.4) is 0 Å². The van der Waals surface area contributed by atoms with Crippen molar-refractivity contribution in [1.29, 1.82) is 0 Å². The lowest BCUT2D eigenvalue weighted by atomic mass is 10.1. The van der Waals surface area contributed by atoms with Crippen molar-refractivity contribution in [3.63, 3.8) is 0 Å². The molecule has 0 amide bonds. The zero-order chi connectivity index (χ0) is 11.5. The van der Waals surface area contributed by atoms with Crippen LogP contribution in [0.1, 0.15) is 26.3 Å². The first-order chi connectivity index (χ1) is 6.90. The highest BCUT2D eigenvalue weighted by atomic mass is 19.2. The molecule has 1 aromatic carbocycles. The third-order valence-electron chi connectivity index (χ3n) is 2.08. The molecule has 1 nitrogen and oxygen atoms in total. The fourth-order valence-electron chi connectivity index (χ4n) is 1.31. The van der Waals surface area contributed by atoms with E-state index in [0.29, 0.717) is 18.5 Å². The van der Waals surface area contributed by atoms with Crippen LogP contribution in [0.15, 0.2) is 18.2 Å². The van der Waals surface area contributed by atoms with E-state index in [1.807, 2.05) is 20.8 Å². The quantitative estimate of drug-likeness (QED) is 0.814. The average molecular weight is 213 g/mol. The summed E-state index contributed by atoms with van der Waals surface area (Å²) >= 11 is 0. The predicted molar refractivity (Wildman–Crippen MR) is 57.8 cm³/mol. The van der Waals surface area contributed by atoms with Crippen LogP contribution < -0.4 is 5.32 Å². The monoisotopic (exact) mass is 213 g/mol. The Hall–Kier alpha value is -0.960. The van der Waals surface area contributed by atoms with Crippen LogP contribution in [-0.4, -0.2) is 12.1 Å². The summed E-state index contributed by atoms with van der Waals surface area (Å²) < 4.78 is 26.1. The predicted octanol–water partition coefficient (Wildman–Crippen LogP) is 2.90. The fraction of sp³-hybridized carbons (Fsp3) is 0.500. The Bertz CT molecular complexity index is 329. The first-order valence-corrected chi connectivity index (χ1v) is 5.08. The Kier molecular flexibility index (Phi) is 3.80. The van der Waals surface area contributed by atoms with Gasteiger partial charge in [-0.2, -0.15) is 0 Å². The van der Waals surface area contributed by atoms with E-state index in [1.54, 1.807) is 6.07 Å². The van der Waals surface area contributed by atoms with Gasteiger partial charge in [-0.1, -0.05) is 12.1 Å². The second-order valence-electron chi connectivity index (χ2n) is 4.64. The fourth-order valence-corrected chi connectivity index (χ4v) is 1.31. The zero-order valence-electron chi connectivity index (χ0n) is 9.40. The maximum absolute atomic E-state index is 13.2. The van der Waals surface area contributed by atoms with Gasteiger partial charge in [0, 0.05) is 5.54 Å². The topological polar surface area (TPSA) is 12.0 Å². The average Bonchev–Trinajstić information content (AvgIpc) is 2.10. The number of benzene rings is 1. The summed E-state index contributed by atoms with van der Waals surface area (Å²) in [5.74, 6) is -1.50. The second-order valence-corrected chi connectivity index (χ2v) is 4.64. The summed E-state index contributed by atoms with van der Waals surface area (Å²) in [7, 11) is 0. The smallest absolute Gasteiger partial charge is 0.162 e. The lowest BCUT2D eigenvalue weighted by Crippen LogP contribution is -2.37. The number of rotatable bonds is 3. The van der Waals surface area contributed by atoms with Gasteiger partial charge in [-0.3, -0.25) is 0 Å². The first kappa shape index (κ1) is 12.1. The van der Waals surface area contributed by atoms with Crippen molar-refractivity contribution >= 4 is 0 Å². The number of hydrogen-bond acceptors (Lipinski definition) is 1. The molecule has 0 aliphatic rings. The van der Waals surface area contributed by atoms with Gasteiger partial charge in [0.15, 0.2) is 11.6 Å². The van der Waals surface area contributed by atoms with E-state index in [4.69, 9.17) is 0 Å². The molecule has 15 heavy (non-hydrogen) atoms. The van der Waals surface area contributed by atoms with Gasteiger partial charge >= 0.3 is 0 Å². The molecule has 1 aromatic rings. The SMILES string of the molecule is CC(C)(C)NCCc1cccc(F)c1F. The maximum atomic E-state index is 13.2. The van der Waals surface area contributed by atoms with Crippen molar-refractivity contribution in [3.8, 4) is 0 Å². The Morgan fingerprint density at radius 2 is 1.87 bits per heavy atom. The number of hydrogen-bond donors (Lipinski definition) is 1. The van der Waals surface area contributed by atoms with E-state index in [1.165, 1.54) is 6.07 Å². The van der Waals surface area contributed by atoms with Gasteiger partial charge < -0.3 is 5.32 Å². The van der Waals surface area contributed by atoms with Gasteiger partial charge in [0.2, 0.25) is 0 Å². The van der Waals surface area contributed by atoms with Crippen molar-refractivity contribution < 1.29 is 8.78 Å². The molecule has 0 unspecified atom stereocenters. The van der Waals surface area contributed by atoms with Crippen molar-refractivity contribution in [2.75, 3.05) is 6.54 Å². The molecule has 0 saturated carbocycles. The number of halogens is 2. The maximum Gasteiger partial charge on any atom is 0.162 e. The molecule has 0 saturated heterocycles. The van der Waals surface area contributed by atoms with Crippen LogP contribution in [0.2, 0.25) is 0 Å². The molecule has 0 heterocycles. The Morgan fingerprint density at radius 1 is 1.20 bits per heavy atom. The van der Waals surface area contributed by atoms with Gasteiger partial charge in [-0.05, 0) is 45.4 Å². The minimum atomic E-state index is -0.775. The third kappa shape index (κ3) is 3.96. The van der Waals surface area contributed by atoms with E-state index in [-0.39, 0.29) is 5.54 Å². The molecule has 0 aliphatic carbocycles. The summed E-state index contributed by atoms with van der Waals surface area (Å²) in [6, 6.07) is 4.28. The highest BCUT2D eigenvalue weighted by molar-refractivity contribution is 5.19. The highest BCUT2D eigenvalue weighted by Gasteiger charge is 2.10. The second kappa shape index (κ2) is 4.71. The summed E-state index contributed by atoms with van der Waals surface area (Å²) in [4.78, 5) is 0. The van der Waals surface area contributed by atoms with Crippen molar-refractivity contribution in [1.82, 2.24) is 5.32 Å². The minimum Gasteiger partial charge on any atom is -0.312 e. The van der Waals surface area contributed by atoms with Crippen LogP contribution in [-0.2, 0) is 6.42 Å². The first-order valence-electron chi connectivity index (χ1n) is 5.08. The molecule has 0 fully saturated rings. The minimum absolute atomic E-state index is 0.00377. The standard InChI is InChI=1S/C12H17F2N/c1-12(2,3)15-8-7-9-5-4-6-10(13)11(9)14/h4-6,15H,7-8H2,1-3H3. The Morgan fingerprint density at radius 3 is 2.47 bits per heavy atom. The van der Waals surface area contributed by atoms with Gasteiger partial charge in [-0.15, -0.1) is 0 Å². The van der Waals surface area contributed by atoms with Gasteiger partial charge in [0.1, 0.15) is 0 Å². The van der Waals surface area contributed by atoms with Crippen LogP contribution in [0.25, 0.3) is 0 Å². The van der Waals surface area contributed by atoms with Crippen LogP contribution in [0.4, 0.5) is 8.78 Å². The molecule has 0 atom stereocenters. The normalized spacial score (nSPS) is 11.8. The Balaban J connectivity index is 2.55. The van der Waals surface area contributed by atoms with Crippen LogP contribution in [0, 0.1) is 11.6 Å². The molecule has 0 bridgehead atoms. The third-order valence-corrected chi connectivity index (χ3v) is 2.08. The summed E-state index contributed by atoms with van der Waals surface area (Å²) in [5, 5.41) is 3.23. The zero-order valence-corrected chi connectivity index (χ0v) is 9.40. The molecule has 0 aliphatic heterocycles. The van der Waals surface area contributed by atoms with Gasteiger partial charge in [-0.25, -0.2) is 8.78 Å². The van der Waals surface area contributed by atoms with Crippen molar-refractivity contribution in [3.05, 3.63) is 35.4 Å². The summed E-state index contributed by atoms with van der Waals surface area (Å²) in [6.45, 7) is 6.75. The lowest BCUT2D eigenvalue weighted by molar-refractivity contribution is 0.425. The number of nitrogens with one attached hydrogen (secondary N) is 1. The molecule has 0 spiro atoms. The lowest BCUT2D eigenvalue weighted by Gasteiger charge is -2.20. The van der Waals surface area contributed by atoms with Crippen LogP contribution in [0.5, 0.6) is 0 Å². The van der Waals surface area contributed by atoms with Crippen LogP contribution >= 0.6 is 0 Å². The summed E-state index contributed by atoms with van der Waals surface area (Å²) in [6.07, 6.45) is 0.501. The molecular formula is C12H17F2N. The van der Waals surface area contributed by atoms with E-state index in [2.05, 4.69) is 5.32 Å².